The monoisotopic (exact) mass is 414 g/mol. The summed E-state index contributed by atoms with van der Waals surface area (Å²) >= 11 is 1.72. The molecule has 0 saturated carbocycles. The third-order valence-corrected chi connectivity index (χ3v) is 6.17. The van der Waals surface area contributed by atoms with Gasteiger partial charge in [-0.15, -0.1) is 11.3 Å². The van der Waals surface area contributed by atoms with E-state index in [4.69, 9.17) is 4.99 Å². The fourth-order valence-electron chi connectivity index (χ4n) is 3.52. The number of benzene rings is 1. The Bertz CT molecular complexity index is 779. The van der Waals surface area contributed by atoms with Gasteiger partial charge in [-0.25, -0.2) is 9.98 Å². The number of aliphatic imine (C=N–C) groups is 1. The van der Waals surface area contributed by atoms with Crippen LogP contribution in [0.15, 0.2) is 35.5 Å². The van der Waals surface area contributed by atoms with Crippen LogP contribution in [0.4, 0.5) is 0 Å². The second kappa shape index (κ2) is 11.3. The summed E-state index contributed by atoms with van der Waals surface area (Å²) in [6, 6.07) is 8.70. The molecule has 2 aromatic rings. The molecular weight excluding hydrogens is 380 g/mol. The van der Waals surface area contributed by atoms with Gasteiger partial charge < -0.3 is 15.5 Å². The lowest BCUT2D eigenvalue weighted by molar-refractivity contribution is 0.131. The van der Waals surface area contributed by atoms with Gasteiger partial charge in [0.05, 0.1) is 13.1 Å². The molecule has 1 aromatic carbocycles. The molecule has 158 valence electrons. The maximum Gasteiger partial charge on any atom is 0.191 e. The highest BCUT2D eigenvalue weighted by molar-refractivity contribution is 7.11. The number of hydrogen-bond donors (Lipinski definition) is 2. The third kappa shape index (κ3) is 6.80. The first-order chi connectivity index (χ1) is 14.2. The number of rotatable bonds is 8. The summed E-state index contributed by atoms with van der Waals surface area (Å²) in [5.41, 5.74) is 2.68. The van der Waals surface area contributed by atoms with Crippen LogP contribution in [-0.2, 0) is 19.6 Å². The smallest absolute Gasteiger partial charge is 0.191 e. The predicted molar refractivity (Wildman–Crippen MR) is 122 cm³/mol. The molecule has 1 aliphatic heterocycles. The average Bonchev–Trinajstić information content (AvgIpc) is 3.17. The summed E-state index contributed by atoms with van der Waals surface area (Å²) < 4.78 is 0. The second-order valence-electron chi connectivity index (χ2n) is 7.39. The van der Waals surface area contributed by atoms with Crippen molar-refractivity contribution in [1.82, 2.24) is 25.4 Å². The Morgan fingerprint density at radius 2 is 1.79 bits per heavy atom. The molecule has 2 N–H and O–H groups in total. The number of nitrogens with one attached hydrogen (secondary N) is 2. The number of likely N-dealkylation sites (N-methyl/N-ethyl adjacent to an activating group) is 1. The number of aromatic nitrogens is 1. The average molecular weight is 415 g/mol. The maximum atomic E-state index is 4.83. The summed E-state index contributed by atoms with van der Waals surface area (Å²) in [5.74, 6) is 0.840. The molecule has 0 aliphatic carbocycles. The summed E-state index contributed by atoms with van der Waals surface area (Å²) in [7, 11) is 0. The van der Waals surface area contributed by atoms with Crippen LogP contribution in [0.1, 0.15) is 34.9 Å². The zero-order valence-corrected chi connectivity index (χ0v) is 18.8. The van der Waals surface area contributed by atoms with E-state index in [-0.39, 0.29) is 0 Å². The van der Waals surface area contributed by atoms with Gasteiger partial charge in [-0.1, -0.05) is 31.2 Å². The van der Waals surface area contributed by atoms with E-state index in [0.29, 0.717) is 13.1 Å². The number of nitrogens with zero attached hydrogens (tertiary/aromatic N) is 4. The second-order valence-corrected chi connectivity index (χ2v) is 8.71. The van der Waals surface area contributed by atoms with Gasteiger partial charge in [-0.2, -0.15) is 0 Å². The lowest BCUT2D eigenvalue weighted by atomic mass is 10.1. The van der Waals surface area contributed by atoms with Crippen molar-refractivity contribution < 1.29 is 0 Å². The van der Waals surface area contributed by atoms with Crippen molar-refractivity contribution in [2.75, 3.05) is 39.3 Å². The van der Waals surface area contributed by atoms with Crippen molar-refractivity contribution in [2.24, 2.45) is 4.99 Å². The standard InChI is InChI=1S/C22H34N6S/c1-4-23-22(26-16-21-24-14-18(3)29-21)25-15-19-8-6-7-9-20(19)17-28-12-10-27(5-2)11-13-28/h6-9,14H,4-5,10-13,15-17H2,1-3H3,(H2,23,25,26). The van der Waals surface area contributed by atoms with Gasteiger partial charge >= 0.3 is 0 Å². The molecule has 7 heteroatoms. The Morgan fingerprint density at radius 1 is 1.07 bits per heavy atom. The van der Waals surface area contributed by atoms with E-state index in [1.807, 2.05) is 6.20 Å². The van der Waals surface area contributed by atoms with Crippen molar-refractivity contribution >= 4 is 17.3 Å². The summed E-state index contributed by atoms with van der Waals surface area (Å²) in [4.78, 5) is 15.6. The molecule has 0 atom stereocenters. The van der Waals surface area contributed by atoms with Crippen LogP contribution in [0.2, 0.25) is 0 Å². The zero-order chi connectivity index (χ0) is 20.5. The Morgan fingerprint density at radius 3 is 2.45 bits per heavy atom. The van der Waals surface area contributed by atoms with E-state index in [9.17, 15) is 0 Å². The normalized spacial score (nSPS) is 16.2. The maximum absolute atomic E-state index is 4.83. The number of piperazine rings is 1. The minimum atomic E-state index is 0.678. The van der Waals surface area contributed by atoms with Crippen molar-refractivity contribution in [2.45, 2.75) is 40.4 Å². The first-order valence-electron chi connectivity index (χ1n) is 10.6. The Kier molecular flexibility index (Phi) is 8.46. The summed E-state index contributed by atoms with van der Waals surface area (Å²) in [6.07, 6.45) is 1.92. The molecule has 0 spiro atoms. The van der Waals surface area contributed by atoms with Gasteiger partial charge in [0.2, 0.25) is 0 Å². The first-order valence-corrected chi connectivity index (χ1v) is 11.4. The number of aryl methyl sites for hydroxylation is 1. The quantitative estimate of drug-likeness (QED) is 0.514. The van der Waals surface area contributed by atoms with E-state index >= 15 is 0 Å². The SMILES string of the molecule is CCNC(=NCc1ccccc1CN1CCN(CC)CC1)NCc1ncc(C)s1. The molecule has 1 fully saturated rings. The summed E-state index contributed by atoms with van der Waals surface area (Å²) in [6.45, 7) is 15.4. The lowest BCUT2D eigenvalue weighted by Gasteiger charge is -2.34. The number of guanidine groups is 1. The minimum Gasteiger partial charge on any atom is -0.357 e. The molecule has 6 nitrogen and oxygen atoms in total. The van der Waals surface area contributed by atoms with Gasteiger partial charge in [0, 0.05) is 50.3 Å². The zero-order valence-electron chi connectivity index (χ0n) is 17.9. The molecule has 0 bridgehead atoms. The predicted octanol–water partition coefficient (Wildman–Crippen LogP) is 2.84. The van der Waals surface area contributed by atoms with Crippen LogP contribution >= 0.6 is 11.3 Å². The molecular formula is C22H34N6S. The Balaban J connectivity index is 1.60. The summed E-state index contributed by atoms with van der Waals surface area (Å²) in [5, 5.41) is 7.83. The number of thiazole rings is 1. The molecule has 1 saturated heterocycles. The van der Waals surface area contributed by atoms with Gasteiger partial charge in [0.15, 0.2) is 5.96 Å². The van der Waals surface area contributed by atoms with Gasteiger partial charge in [0.25, 0.3) is 0 Å². The van der Waals surface area contributed by atoms with Crippen LogP contribution in [0.25, 0.3) is 0 Å². The van der Waals surface area contributed by atoms with Crippen molar-refractivity contribution in [3.63, 3.8) is 0 Å². The molecule has 29 heavy (non-hydrogen) atoms. The lowest BCUT2D eigenvalue weighted by Crippen LogP contribution is -2.45. The molecule has 1 aromatic heterocycles. The molecule has 3 rings (SSSR count). The van der Waals surface area contributed by atoms with Crippen LogP contribution in [0.3, 0.4) is 0 Å². The Hall–Kier alpha value is -1.96. The van der Waals surface area contributed by atoms with Crippen molar-refractivity contribution in [3.05, 3.63) is 51.5 Å². The highest BCUT2D eigenvalue weighted by Crippen LogP contribution is 2.15. The van der Waals surface area contributed by atoms with Crippen molar-refractivity contribution in [3.8, 4) is 0 Å². The highest BCUT2D eigenvalue weighted by atomic mass is 32.1. The van der Waals surface area contributed by atoms with Gasteiger partial charge in [-0.05, 0) is 31.5 Å². The van der Waals surface area contributed by atoms with Crippen LogP contribution in [-0.4, -0.2) is 60.0 Å². The molecule has 0 amide bonds. The largest absolute Gasteiger partial charge is 0.357 e. The minimum absolute atomic E-state index is 0.678. The van der Waals surface area contributed by atoms with Gasteiger partial charge in [-0.3, -0.25) is 4.90 Å². The molecule has 2 heterocycles. The van der Waals surface area contributed by atoms with Crippen molar-refractivity contribution in [1.29, 1.82) is 0 Å². The molecule has 0 radical (unpaired) electrons. The fraction of sp³-hybridized carbons (Fsp3) is 0.545. The highest BCUT2D eigenvalue weighted by Gasteiger charge is 2.16. The molecule has 0 unspecified atom stereocenters. The molecule has 1 aliphatic rings. The first kappa shape index (κ1) is 21.7. The third-order valence-electron chi connectivity index (χ3n) is 5.25. The van der Waals surface area contributed by atoms with Crippen LogP contribution in [0, 0.1) is 6.92 Å². The van der Waals surface area contributed by atoms with Gasteiger partial charge in [0.1, 0.15) is 5.01 Å². The van der Waals surface area contributed by atoms with E-state index in [0.717, 1.165) is 43.7 Å². The fourth-order valence-corrected chi connectivity index (χ4v) is 4.25. The Labute approximate surface area is 179 Å². The van der Waals surface area contributed by atoms with E-state index in [1.54, 1.807) is 11.3 Å². The van der Waals surface area contributed by atoms with Crippen LogP contribution in [0.5, 0.6) is 0 Å². The van der Waals surface area contributed by atoms with E-state index in [2.05, 4.69) is 70.5 Å². The number of hydrogen-bond acceptors (Lipinski definition) is 5. The van der Waals surface area contributed by atoms with Crippen LogP contribution < -0.4 is 10.6 Å². The van der Waals surface area contributed by atoms with E-state index in [1.165, 1.54) is 29.1 Å². The van der Waals surface area contributed by atoms with E-state index < -0.39 is 0 Å². The topological polar surface area (TPSA) is 55.8 Å².